The standard InChI is InChI=1S/C24H24ClF4N7/c1-15-4-3-9-36(15)23-32-20(16-6-7-18(25)19(26)14-16)31-22(33-23)35-12-10-34(11-13-35)21-17(24(27,28)29)5-2-8-30-21/h2,5-8,14-15H,3-4,9-13H2,1H3. The van der Waals surface area contributed by atoms with Crippen molar-refractivity contribution in [2.24, 2.45) is 0 Å². The van der Waals surface area contributed by atoms with E-state index in [2.05, 4.69) is 26.8 Å². The molecule has 0 spiro atoms. The van der Waals surface area contributed by atoms with Gasteiger partial charge < -0.3 is 14.7 Å². The first-order valence-corrected chi connectivity index (χ1v) is 12.1. The molecule has 7 nitrogen and oxygen atoms in total. The Labute approximate surface area is 210 Å². The Hall–Kier alpha value is -3.21. The van der Waals surface area contributed by atoms with Crippen molar-refractivity contribution in [2.75, 3.05) is 47.4 Å². The Balaban J connectivity index is 1.44. The maximum Gasteiger partial charge on any atom is 0.419 e. The molecule has 2 aromatic heterocycles. The van der Waals surface area contributed by atoms with Gasteiger partial charge in [-0.25, -0.2) is 9.37 Å². The third kappa shape index (κ3) is 4.88. The summed E-state index contributed by atoms with van der Waals surface area (Å²) in [5.41, 5.74) is -0.286. The van der Waals surface area contributed by atoms with E-state index in [4.69, 9.17) is 16.6 Å². The molecule has 0 radical (unpaired) electrons. The van der Waals surface area contributed by atoms with Crippen LogP contribution in [0.5, 0.6) is 0 Å². The number of piperazine rings is 1. The van der Waals surface area contributed by atoms with Crippen molar-refractivity contribution in [1.82, 2.24) is 19.9 Å². The van der Waals surface area contributed by atoms with Crippen molar-refractivity contribution < 1.29 is 17.6 Å². The van der Waals surface area contributed by atoms with E-state index in [-0.39, 0.29) is 16.9 Å². The highest BCUT2D eigenvalue weighted by molar-refractivity contribution is 6.30. The lowest BCUT2D eigenvalue weighted by Gasteiger charge is -2.36. The van der Waals surface area contributed by atoms with E-state index in [0.29, 0.717) is 49.5 Å². The molecule has 0 amide bonds. The van der Waals surface area contributed by atoms with Crippen LogP contribution in [0.25, 0.3) is 11.4 Å². The first-order chi connectivity index (χ1) is 17.2. The van der Waals surface area contributed by atoms with Gasteiger partial charge in [0.25, 0.3) is 0 Å². The monoisotopic (exact) mass is 521 g/mol. The maximum absolute atomic E-state index is 14.2. The lowest BCUT2D eigenvalue weighted by molar-refractivity contribution is -0.137. The fraction of sp³-hybridized carbons (Fsp3) is 0.417. The summed E-state index contributed by atoms with van der Waals surface area (Å²) in [5, 5.41) is 0.00490. The average molecular weight is 522 g/mol. The highest BCUT2D eigenvalue weighted by Gasteiger charge is 2.36. The van der Waals surface area contributed by atoms with E-state index in [1.54, 1.807) is 11.0 Å². The molecule has 2 fully saturated rings. The summed E-state index contributed by atoms with van der Waals surface area (Å²) >= 11 is 5.85. The van der Waals surface area contributed by atoms with Gasteiger partial charge in [-0.05, 0) is 50.1 Å². The lowest BCUT2D eigenvalue weighted by atomic mass is 10.2. The smallest absolute Gasteiger partial charge is 0.353 e. The first-order valence-electron chi connectivity index (χ1n) is 11.7. The van der Waals surface area contributed by atoms with E-state index in [0.717, 1.165) is 25.5 Å². The van der Waals surface area contributed by atoms with E-state index < -0.39 is 17.6 Å². The van der Waals surface area contributed by atoms with Crippen LogP contribution in [-0.2, 0) is 6.18 Å². The SMILES string of the molecule is CC1CCCN1c1nc(-c2ccc(Cl)c(F)c2)nc(N2CCN(c3ncccc3C(F)(F)F)CC2)n1. The Morgan fingerprint density at radius 2 is 1.67 bits per heavy atom. The van der Waals surface area contributed by atoms with Crippen LogP contribution in [0.3, 0.4) is 0 Å². The Morgan fingerprint density at radius 3 is 2.33 bits per heavy atom. The number of hydrogen-bond acceptors (Lipinski definition) is 7. The highest BCUT2D eigenvalue weighted by Crippen LogP contribution is 2.36. The van der Waals surface area contributed by atoms with Crippen LogP contribution >= 0.6 is 11.6 Å². The van der Waals surface area contributed by atoms with Gasteiger partial charge in [-0.15, -0.1) is 0 Å². The van der Waals surface area contributed by atoms with Gasteiger partial charge >= 0.3 is 6.18 Å². The van der Waals surface area contributed by atoms with Crippen molar-refractivity contribution >= 4 is 29.3 Å². The molecule has 12 heteroatoms. The summed E-state index contributed by atoms with van der Waals surface area (Å²) in [6, 6.07) is 6.97. The molecule has 0 bridgehead atoms. The third-order valence-corrected chi connectivity index (χ3v) is 6.86. The summed E-state index contributed by atoms with van der Waals surface area (Å²) in [5.74, 6) is 0.570. The molecule has 190 valence electrons. The molecule has 2 aliphatic rings. The Bertz CT molecular complexity index is 1250. The summed E-state index contributed by atoms with van der Waals surface area (Å²) in [6.07, 6.45) is -1.10. The number of anilines is 3. The zero-order chi connectivity index (χ0) is 25.4. The molecule has 1 atom stereocenters. The largest absolute Gasteiger partial charge is 0.419 e. The predicted molar refractivity (Wildman–Crippen MR) is 130 cm³/mol. The zero-order valence-corrected chi connectivity index (χ0v) is 20.3. The molecule has 4 heterocycles. The van der Waals surface area contributed by atoms with Crippen LogP contribution in [-0.4, -0.2) is 58.7 Å². The van der Waals surface area contributed by atoms with Crippen molar-refractivity contribution in [2.45, 2.75) is 32.0 Å². The molecule has 5 rings (SSSR count). The second-order valence-electron chi connectivity index (χ2n) is 8.92. The van der Waals surface area contributed by atoms with Gasteiger partial charge in [0.05, 0.1) is 10.6 Å². The van der Waals surface area contributed by atoms with Crippen LogP contribution in [0, 0.1) is 5.82 Å². The number of alkyl halides is 3. The summed E-state index contributed by atoms with van der Waals surface area (Å²) < 4.78 is 54.6. The number of nitrogens with zero attached hydrogens (tertiary/aromatic N) is 7. The summed E-state index contributed by atoms with van der Waals surface area (Å²) in [4.78, 5) is 23.6. The van der Waals surface area contributed by atoms with Crippen LogP contribution in [0.4, 0.5) is 35.3 Å². The normalized spacial score (nSPS) is 18.7. The van der Waals surface area contributed by atoms with Crippen molar-refractivity contribution in [3.63, 3.8) is 0 Å². The lowest BCUT2D eigenvalue weighted by Crippen LogP contribution is -2.48. The van der Waals surface area contributed by atoms with Crippen LogP contribution in [0.1, 0.15) is 25.3 Å². The van der Waals surface area contributed by atoms with Crippen LogP contribution in [0.15, 0.2) is 36.5 Å². The van der Waals surface area contributed by atoms with Gasteiger partial charge in [0, 0.05) is 50.5 Å². The predicted octanol–water partition coefficient (Wildman–Crippen LogP) is 5.06. The average Bonchev–Trinajstić information content (AvgIpc) is 3.31. The quantitative estimate of drug-likeness (QED) is 0.445. The van der Waals surface area contributed by atoms with E-state index in [1.165, 1.54) is 24.4 Å². The summed E-state index contributed by atoms with van der Waals surface area (Å²) in [7, 11) is 0. The van der Waals surface area contributed by atoms with Crippen molar-refractivity contribution in [3.8, 4) is 11.4 Å². The molecule has 3 aromatic rings. The number of aromatic nitrogens is 4. The third-order valence-electron chi connectivity index (χ3n) is 6.55. The zero-order valence-electron chi connectivity index (χ0n) is 19.5. The minimum Gasteiger partial charge on any atom is -0.353 e. The van der Waals surface area contributed by atoms with E-state index in [9.17, 15) is 17.6 Å². The van der Waals surface area contributed by atoms with Gasteiger partial charge in [-0.2, -0.15) is 28.1 Å². The van der Waals surface area contributed by atoms with Gasteiger partial charge in [-0.1, -0.05) is 11.6 Å². The molecule has 1 unspecified atom stereocenters. The van der Waals surface area contributed by atoms with Gasteiger partial charge in [0.15, 0.2) is 5.82 Å². The second kappa shape index (κ2) is 9.68. The molecule has 0 aliphatic carbocycles. The Kier molecular flexibility index (Phi) is 6.59. The Morgan fingerprint density at radius 1 is 0.944 bits per heavy atom. The maximum atomic E-state index is 14.2. The molecule has 0 N–H and O–H groups in total. The van der Waals surface area contributed by atoms with Crippen LogP contribution in [0.2, 0.25) is 5.02 Å². The molecule has 36 heavy (non-hydrogen) atoms. The van der Waals surface area contributed by atoms with Gasteiger partial charge in [0.1, 0.15) is 11.6 Å². The molecule has 1 aromatic carbocycles. The van der Waals surface area contributed by atoms with Gasteiger partial charge in [0.2, 0.25) is 11.9 Å². The minimum atomic E-state index is -4.49. The molecular formula is C24H24ClF4N7. The fourth-order valence-corrected chi connectivity index (χ4v) is 4.72. The number of rotatable bonds is 4. The molecular weight excluding hydrogens is 498 g/mol. The number of hydrogen-bond donors (Lipinski definition) is 0. The molecule has 2 aliphatic heterocycles. The van der Waals surface area contributed by atoms with Crippen LogP contribution < -0.4 is 14.7 Å². The highest BCUT2D eigenvalue weighted by atomic mass is 35.5. The summed E-state index contributed by atoms with van der Waals surface area (Å²) in [6.45, 7) is 4.30. The van der Waals surface area contributed by atoms with E-state index >= 15 is 0 Å². The fourth-order valence-electron chi connectivity index (χ4n) is 4.61. The second-order valence-corrected chi connectivity index (χ2v) is 9.33. The topological polar surface area (TPSA) is 61.3 Å². The van der Waals surface area contributed by atoms with Crippen molar-refractivity contribution in [1.29, 1.82) is 0 Å². The van der Waals surface area contributed by atoms with Crippen molar-refractivity contribution in [3.05, 3.63) is 52.9 Å². The molecule has 2 saturated heterocycles. The van der Waals surface area contributed by atoms with Gasteiger partial charge in [-0.3, -0.25) is 0 Å². The molecule has 0 saturated carbocycles. The number of pyridine rings is 1. The van der Waals surface area contributed by atoms with E-state index in [1.807, 2.05) is 4.90 Å². The number of benzene rings is 1. The number of halogens is 5. The first kappa shape index (κ1) is 24.5. The minimum absolute atomic E-state index is 0.00490.